The molecule has 0 aromatic carbocycles. The van der Waals surface area contributed by atoms with Crippen LogP contribution in [0.1, 0.15) is 47.8 Å². The minimum atomic E-state index is -0.219. The van der Waals surface area contributed by atoms with Crippen LogP contribution in [-0.2, 0) is 4.79 Å². The second kappa shape index (κ2) is 6.09. The van der Waals surface area contributed by atoms with E-state index in [4.69, 9.17) is 0 Å². The predicted octanol–water partition coefficient (Wildman–Crippen LogP) is 3.17. The third kappa shape index (κ3) is 3.32. The van der Waals surface area contributed by atoms with E-state index in [1.165, 1.54) is 16.2 Å². The molecule has 0 spiro atoms. The molecule has 2 fully saturated rings. The molecule has 1 N–H and O–H groups in total. The van der Waals surface area contributed by atoms with Gasteiger partial charge in [-0.25, -0.2) is 0 Å². The first-order valence-corrected chi connectivity index (χ1v) is 8.87. The lowest BCUT2D eigenvalue weighted by atomic mass is 9.86. The fraction of sp³-hybridized carbons (Fsp3) is 0.706. The molecule has 0 saturated heterocycles. The Kier molecular flexibility index (Phi) is 4.36. The maximum absolute atomic E-state index is 12.5. The van der Waals surface area contributed by atoms with Crippen LogP contribution >= 0.6 is 11.3 Å². The lowest BCUT2D eigenvalue weighted by Crippen LogP contribution is -2.38. The van der Waals surface area contributed by atoms with E-state index in [0.717, 1.165) is 25.7 Å². The zero-order chi connectivity index (χ0) is 15.0. The van der Waals surface area contributed by atoms with E-state index in [2.05, 4.69) is 19.1 Å². The summed E-state index contributed by atoms with van der Waals surface area (Å²) in [5.74, 6) is 1.15. The Morgan fingerprint density at radius 2 is 2.14 bits per heavy atom. The van der Waals surface area contributed by atoms with Crippen LogP contribution in [0.3, 0.4) is 0 Å². The number of aryl methyl sites for hydroxylation is 1. The van der Waals surface area contributed by atoms with Gasteiger partial charge in [0, 0.05) is 41.1 Å². The Labute approximate surface area is 131 Å². The summed E-state index contributed by atoms with van der Waals surface area (Å²) in [7, 11) is 1.90. The van der Waals surface area contributed by atoms with Crippen LogP contribution in [0.15, 0.2) is 12.1 Å². The maximum Gasteiger partial charge on any atom is 0.226 e. The van der Waals surface area contributed by atoms with Crippen LogP contribution in [0.25, 0.3) is 0 Å². The maximum atomic E-state index is 12.5. The summed E-state index contributed by atoms with van der Waals surface area (Å²) < 4.78 is 0. The van der Waals surface area contributed by atoms with Crippen LogP contribution in [0.2, 0.25) is 0 Å². The highest BCUT2D eigenvalue weighted by Gasteiger charge is 2.46. The molecule has 116 valence electrons. The zero-order valence-corrected chi connectivity index (χ0v) is 13.7. The fourth-order valence-corrected chi connectivity index (χ4v) is 4.62. The summed E-state index contributed by atoms with van der Waals surface area (Å²) in [6, 6.07) is 4.31. The van der Waals surface area contributed by atoms with Crippen molar-refractivity contribution in [1.29, 1.82) is 0 Å². The number of rotatable bonds is 4. The first kappa shape index (κ1) is 15.0. The number of amides is 1. The van der Waals surface area contributed by atoms with Crippen molar-refractivity contribution in [3.8, 4) is 0 Å². The quantitative estimate of drug-likeness (QED) is 0.928. The number of hydrogen-bond donors (Lipinski definition) is 1. The van der Waals surface area contributed by atoms with E-state index in [1.54, 1.807) is 0 Å². The lowest BCUT2D eigenvalue weighted by Gasteiger charge is -2.31. The monoisotopic (exact) mass is 307 g/mol. The standard InChI is InChI=1S/C17H25NO2S/c1-11-7-8-16(21-11)13-9-14(13)17(20)18(2)10-12-5-3-4-6-15(12)19/h7-8,12-15,19H,3-6,9-10H2,1-2H3. The van der Waals surface area contributed by atoms with Gasteiger partial charge < -0.3 is 10.0 Å². The number of nitrogens with zero attached hydrogens (tertiary/aromatic N) is 1. The van der Waals surface area contributed by atoms with Gasteiger partial charge >= 0.3 is 0 Å². The third-order valence-corrected chi connectivity index (χ3v) is 6.12. The highest BCUT2D eigenvalue weighted by molar-refractivity contribution is 7.12. The first-order valence-electron chi connectivity index (χ1n) is 8.05. The van der Waals surface area contributed by atoms with Gasteiger partial charge in [-0.15, -0.1) is 11.3 Å². The van der Waals surface area contributed by atoms with E-state index in [-0.39, 0.29) is 23.8 Å². The molecular weight excluding hydrogens is 282 g/mol. The van der Waals surface area contributed by atoms with Gasteiger partial charge in [0.2, 0.25) is 5.91 Å². The van der Waals surface area contributed by atoms with E-state index < -0.39 is 0 Å². The molecule has 2 aliphatic carbocycles. The van der Waals surface area contributed by atoms with Gasteiger partial charge in [0.05, 0.1) is 6.10 Å². The average Bonchev–Trinajstić information content (AvgIpc) is 3.15. The largest absolute Gasteiger partial charge is 0.393 e. The Morgan fingerprint density at radius 3 is 2.81 bits per heavy atom. The highest BCUT2D eigenvalue weighted by atomic mass is 32.1. The molecule has 0 bridgehead atoms. The average molecular weight is 307 g/mol. The van der Waals surface area contributed by atoms with Crippen molar-refractivity contribution >= 4 is 17.2 Å². The number of aliphatic hydroxyl groups excluding tert-OH is 1. The van der Waals surface area contributed by atoms with Gasteiger partial charge in [0.1, 0.15) is 0 Å². The number of carbonyl (C=O) groups is 1. The molecule has 4 atom stereocenters. The van der Waals surface area contributed by atoms with Crippen molar-refractivity contribution in [3.05, 3.63) is 21.9 Å². The summed E-state index contributed by atoms with van der Waals surface area (Å²) in [4.78, 5) is 17.1. The van der Waals surface area contributed by atoms with E-state index >= 15 is 0 Å². The Morgan fingerprint density at radius 1 is 1.38 bits per heavy atom. The molecule has 21 heavy (non-hydrogen) atoms. The van der Waals surface area contributed by atoms with E-state index in [0.29, 0.717) is 12.5 Å². The Hall–Kier alpha value is -0.870. The van der Waals surface area contributed by atoms with Crippen LogP contribution < -0.4 is 0 Å². The van der Waals surface area contributed by atoms with Gasteiger partial charge in [-0.1, -0.05) is 12.8 Å². The molecule has 1 heterocycles. The minimum absolute atomic E-state index is 0.175. The molecule has 3 rings (SSSR count). The van der Waals surface area contributed by atoms with Crippen LogP contribution in [0.5, 0.6) is 0 Å². The molecular formula is C17H25NO2S. The van der Waals surface area contributed by atoms with Gasteiger partial charge in [-0.2, -0.15) is 0 Å². The number of carbonyl (C=O) groups excluding carboxylic acids is 1. The van der Waals surface area contributed by atoms with Crippen LogP contribution in [0.4, 0.5) is 0 Å². The summed E-state index contributed by atoms with van der Waals surface area (Å²) in [5, 5.41) is 10.1. The van der Waals surface area contributed by atoms with Crippen molar-refractivity contribution in [3.63, 3.8) is 0 Å². The van der Waals surface area contributed by atoms with Gasteiger partial charge in [-0.3, -0.25) is 4.79 Å². The third-order valence-electron chi connectivity index (χ3n) is 4.99. The molecule has 4 heteroatoms. The molecule has 2 aliphatic rings. The molecule has 1 aromatic heterocycles. The van der Waals surface area contributed by atoms with Crippen LogP contribution in [-0.4, -0.2) is 35.6 Å². The fourth-order valence-electron chi connectivity index (χ4n) is 3.56. The SMILES string of the molecule is Cc1ccc(C2CC2C(=O)N(C)CC2CCCCC2O)s1. The van der Waals surface area contributed by atoms with Crippen molar-refractivity contribution in [2.45, 2.75) is 51.0 Å². The first-order chi connectivity index (χ1) is 10.1. The van der Waals surface area contributed by atoms with Gasteiger partial charge in [0.15, 0.2) is 0 Å². The molecule has 1 amide bonds. The molecule has 1 aromatic rings. The Bertz CT molecular complexity index is 513. The highest BCUT2D eigenvalue weighted by Crippen LogP contribution is 2.50. The summed E-state index contributed by atoms with van der Waals surface area (Å²) in [6.45, 7) is 2.83. The molecule has 4 unspecified atom stereocenters. The summed E-state index contributed by atoms with van der Waals surface area (Å²) in [5.41, 5.74) is 0. The van der Waals surface area contributed by atoms with Crippen molar-refractivity contribution in [2.75, 3.05) is 13.6 Å². The van der Waals surface area contributed by atoms with Gasteiger partial charge in [0.25, 0.3) is 0 Å². The summed E-state index contributed by atoms with van der Waals surface area (Å²) >= 11 is 1.82. The van der Waals surface area contributed by atoms with Crippen molar-refractivity contribution < 1.29 is 9.90 Å². The van der Waals surface area contributed by atoms with Gasteiger partial charge in [-0.05, 0) is 38.3 Å². The summed E-state index contributed by atoms with van der Waals surface area (Å²) in [6.07, 6.45) is 5.03. The number of hydrogen-bond acceptors (Lipinski definition) is 3. The topological polar surface area (TPSA) is 40.5 Å². The number of aliphatic hydroxyl groups is 1. The van der Waals surface area contributed by atoms with E-state index in [1.807, 2.05) is 23.3 Å². The minimum Gasteiger partial charge on any atom is -0.393 e. The lowest BCUT2D eigenvalue weighted by molar-refractivity contribution is -0.132. The number of thiophene rings is 1. The van der Waals surface area contributed by atoms with E-state index in [9.17, 15) is 9.90 Å². The molecule has 0 aliphatic heterocycles. The zero-order valence-electron chi connectivity index (χ0n) is 12.9. The Balaban J connectivity index is 1.54. The normalized spacial score (nSPS) is 32.0. The predicted molar refractivity (Wildman–Crippen MR) is 85.5 cm³/mol. The van der Waals surface area contributed by atoms with Crippen molar-refractivity contribution in [2.24, 2.45) is 11.8 Å². The smallest absolute Gasteiger partial charge is 0.226 e. The second-order valence-corrected chi connectivity index (χ2v) is 8.05. The second-order valence-electron chi connectivity index (χ2n) is 6.73. The molecule has 0 radical (unpaired) electrons. The molecule has 3 nitrogen and oxygen atoms in total. The van der Waals surface area contributed by atoms with Crippen molar-refractivity contribution in [1.82, 2.24) is 4.90 Å². The van der Waals surface area contributed by atoms with Crippen LogP contribution in [0, 0.1) is 18.8 Å². The molecule has 2 saturated carbocycles.